The molecule has 0 spiro atoms. The zero-order valence-corrected chi connectivity index (χ0v) is 13.4. The lowest BCUT2D eigenvalue weighted by Gasteiger charge is -2.33. The summed E-state index contributed by atoms with van der Waals surface area (Å²) in [5.41, 5.74) is 1.08. The number of amides is 1. The Hall–Kier alpha value is -3.02. The van der Waals surface area contributed by atoms with E-state index in [2.05, 4.69) is 0 Å². The zero-order chi connectivity index (χ0) is 17.1. The molecule has 0 bridgehead atoms. The van der Waals surface area contributed by atoms with Crippen molar-refractivity contribution in [3.8, 4) is 11.5 Å². The van der Waals surface area contributed by atoms with Crippen LogP contribution in [0.1, 0.15) is 10.4 Å². The minimum absolute atomic E-state index is 0.0831. The number of hydrogen-bond acceptors (Lipinski definition) is 5. The van der Waals surface area contributed by atoms with Crippen LogP contribution in [0.3, 0.4) is 0 Å². The van der Waals surface area contributed by atoms with Crippen LogP contribution in [0.4, 0.5) is 5.69 Å². The number of rotatable bonds is 3. The van der Waals surface area contributed by atoms with Crippen LogP contribution in [-0.2, 0) is 9.53 Å². The summed E-state index contributed by atoms with van der Waals surface area (Å²) in [6.07, 6.45) is -0.862. The normalized spacial score (nSPS) is 15.9. The third kappa shape index (κ3) is 2.90. The van der Waals surface area contributed by atoms with E-state index in [-0.39, 0.29) is 12.5 Å². The van der Waals surface area contributed by atoms with Gasteiger partial charge in [-0.2, -0.15) is 0 Å². The summed E-state index contributed by atoms with van der Waals surface area (Å²) < 4.78 is 15.6. The number of hydrogen-bond donors (Lipinski definition) is 0. The lowest BCUT2D eigenvalue weighted by molar-refractivity contribution is -0.148. The molecule has 0 aliphatic carbocycles. The van der Waals surface area contributed by atoms with Crippen molar-refractivity contribution in [2.24, 2.45) is 0 Å². The van der Waals surface area contributed by atoms with Gasteiger partial charge in [0.1, 0.15) is 11.5 Å². The number of esters is 1. The molecule has 0 saturated carbocycles. The van der Waals surface area contributed by atoms with Crippen molar-refractivity contribution in [3.05, 3.63) is 54.1 Å². The molecule has 1 unspecified atom stereocenters. The Balaban J connectivity index is 1.98. The highest BCUT2D eigenvalue weighted by Crippen LogP contribution is 2.34. The first-order valence-corrected chi connectivity index (χ1v) is 7.43. The molecule has 1 amide bonds. The van der Waals surface area contributed by atoms with E-state index >= 15 is 0 Å². The highest BCUT2D eigenvalue weighted by atomic mass is 16.6. The summed E-state index contributed by atoms with van der Waals surface area (Å²) in [4.78, 5) is 26.3. The smallest absolute Gasteiger partial charge is 0.348 e. The van der Waals surface area contributed by atoms with Gasteiger partial charge in [-0.05, 0) is 30.3 Å². The number of benzene rings is 2. The minimum atomic E-state index is -0.862. The van der Waals surface area contributed by atoms with E-state index in [1.54, 1.807) is 49.6 Å². The number of fused-ring (bicyclic) bond motifs is 1. The van der Waals surface area contributed by atoms with E-state index in [1.807, 2.05) is 6.07 Å². The molecule has 24 heavy (non-hydrogen) atoms. The lowest BCUT2D eigenvalue weighted by Crippen LogP contribution is -2.47. The van der Waals surface area contributed by atoms with Gasteiger partial charge < -0.3 is 19.1 Å². The second-order valence-corrected chi connectivity index (χ2v) is 5.25. The molecule has 6 nitrogen and oxygen atoms in total. The maximum Gasteiger partial charge on any atom is 0.348 e. The highest BCUT2D eigenvalue weighted by molar-refractivity contribution is 6.08. The van der Waals surface area contributed by atoms with Gasteiger partial charge in [-0.3, -0.25) is 4.79 Å². The molecule has 6 heteroatoms. The molecular weight excluding hydrogens is 310 g/mol. The average Bonchev–Trinajstić information content (AvgIpc) is 2.65. The molecule has 2 aromatic rings. The first-order valence-electron chi connectivity index (χ1n) is 7.43. The van der Waals surface area contributed by atoms with Gasteiger partial charge in [0.25, 0.3) is 5.91 Å². The van der Waals surface area contributed by atoms with Gasteiger partial charge in [0.15, 0.2) is 0 Å². The van der Waals surface area contributed by atoms with Crippen molar-refractivity contribution in [1.29, 1.82) is 0 Å². The monoisotopic (exact) mass is 327 g/mol. The van der Waals surface area contributed by atoms with Crippen molar-refractivity contribution in [2.75, 3.05) is 25.7 Å². The predicted molar refractivity (Wildman–Crippen MR) is 87.5 cm³/mol. The van der Waals surface area contributed by atoms with Crippen LogP contribution in [0.2, 0.25) is 0 Å². The van der Waals surface area contributed by atoms with Crippen LogP contribution in [0.25, 0.3) is 0 Å². The molecule has 1 atom stereocenters. The Bertz CT molecular complexity index is 774. The van der Waals surface area contributed by atoms with Crippen LogP contribution in [0.5, 0.6) is 11.5 Å². The number of carbonyl (C=O) groups is 2. The first-order chi connectivity index (χ1) is 11.6. The maximum atomic E-state index is 12.9. The van der Waals surface area contributed by atoms with Gasteiger partial charge >= 0.3 is 5.97 Å². The van der Waals surface area contributed by atoms with Crippen molar-refractivity contribution >= 4 is 17.6 Å². The van der Waals surface area contributed by atoms with Gasteiger partial charge in [-0.15, -0.1) is 0 Å². The molecule has 0 radical (unpaired) electrons. The highest BCUT2D eigenvalue weighted by Gasteiger charge is 2.34. The van der Waals surface area contributed by atoms with Crippen molar-refractivity contribution in [3.63, 3.8) is 0 Å². The molecule has 0 aromatic heterocycles. The van der Waals surface area contributed by atoms with E-state index in [9.17, 15) is 9.59 Å². The van der Waals surface area contributed by atoms with Crippen molar-refractivity contribution < 1.29 is 23.8 Å². The van der Waals surface area contributed by atoms with Gasteiger partial charge in [0.2, 0.25) is 6.10 Å². The molecule has 1 aliphatic rings. The molecule has 1 heterocycles. The van der Waals surface area contributed by atoms with Crippen LogP contribution >= 0.6 is 0 Å². The molecule has 1 aliphatic heterocycles. The van der Waals surface area contributed by atoms with Crippen LogP contribution in [-0.4, -0.2) is 38.7 Å². The minimum Gasteiger partial charge on any atom is -0.497 e. The van der Waals surface area contributed by atoms with Gasteiger partial charge in [0.05, 0.1) is 26.5 Å². The first kappa shape index (κ1) is 15.9. The summed E-state index contributed by atoms with van der Waals surface area (Å²) in [6, 6.07) is 14.0. The van der Waals surface area contributed by atoms with E-state index in [4.69, 9.17) is 14.2 Å². The number of methoxy groups -OCH3 is 2. The molecule has 0 saturated heterocycles. The lowest BCUT2D eigenvalue weighted by atomic mass is 10.1. The number of ether oxygens (including phenoxy) is 3. The van der Waals surface area contributed by atoms with Gasteiger partial charge in [-0.25, -0.2) is 4.79 Å². The van der Waals surface area contributed by atoms with E-state index < -0.39 is 12.1 Å². The number of anilines is 1. The molecule has 124 valence electrons. The third-order valence-electron chi connectivity index (χ3n) is 3.80. The van der Waals surface area contributed by atoms with Gasteiger partial charge in [0, 0.05) is 5.56 Å². The maximum absolute atomic E-state index is 12.9. The Morgan fingerprint density at radius 2 is 1.92 bits per heavy atom. The summed E-state index contributed by atoms with van der Waals surface area (Å²) in [6.45, 7) is 0.0831. The third-order valence-corrected chi connectivity index (χ3v) is 3.80. The standard InChI is InChI=1S/C18H17NO5/c1-22-13-7-5-6-12(10-13)17(20)19-11-16(18(21)23-2)24-15-9-4-3-8-14(15)19/h3-10,16H,11H2,1-2H3. The largest absolute Gasteiger partial charge is 0.497 e. The number of carbonyl (C=O) groups excluding carboxylic acids is 2. The molecule has 3 rings (SSSR count). The van der Waals surface area contributed by atoms with Gasteiger partial charge in [-0.1, -0.05) is 18.2 Å². The van der Waals surface area contributed by atoms with Crippen LogP contribution in [0, 0.1) is 0 Å². The van der Waals surface area contributed by atoms with E-state index in [1.165, 1.54) is 12.0 Å². The fourth-order valence-electron chi connectivity index (χ4n) is 2.59. The van der Waals surface area contributed by atoms with Crippen LogP contribution < -0.4 is 14.4 Å². The van der Waals surface area contributed by atoms with Crippen molar-refractivity contribution in [2.45, 2.75) is 6.10 Å². The second-order valence-electron chi connectivity index (χ2n) is 5.25. The Kier molecular flexibility index (Phi) is 4.37. The Morgan fingerprint density at radius 1 is 1.12 bits per heavy atom. The SMILES string of the molecule is COC(=O)C1CN(C(=O)c2cccc(OC)c2)c2ccccc2O1. The van der Waals surface area contributed by atoms with E-state index in [0.717, 1.165) is 0 Å². The second kappa shape index (κ2) is 6.62. The Labute approximate surface area is 139 Å². The number of nitrogens with zero attached hydrogens (tertiary/aromatic N) is 1. The molecular formula is C18H17NO5. The van der Waals surface area contributed by atoms with Crippen LogP contribution in [0.15, 0.2) is 48.5 Å². The quantitative estimate of drug-likeness (QED) is 0.809. The average molecular weight is 327 g/mol. The fourth-order valence-corrected chi connectivity index (χ4v) is 2.59. The van der Waals surface area contributed by atoms with Crippen molar-refractivity contribution in [1.82, 2.24) is 0 Å². The van der Waals surface area contributed by atoms with E-state index in [0.29, 0.717) is 22.7 Å². The predicted octanol–water partition coefficient (Wildman–Crippen LogP) is 2.28. The topological polar surface area (TPSA) is 65.1 Å². The number of para-hydroxylation sites is 2. The summed E-state index contributed by atoms with van der Waals surface area (Å²) in [7, 11) is 2.83. The zero-order valence-electron chi connectivity index (χ0n) is 13.4. The summed E-state index contributed by atoms with van der Waals surface area (Å²) >= 11 is 0. The fraction of sp³-hybridized carbons (Fsp3) is 0.222. The molecule has 0 N–H and O–H groups in total. The molecule has 2 aromatic carbocycles. The summed E-state index contributed by atoms with van der Waals surface area (Å²) in [5.74, 6) is 0.300. The summed E-state index contributed by atoms with van der Waals surface area (Å²) in [5, 5.41) is 0. The molecule has 0 fully saturated rings. The Morgan fingerprint density at radius 3 is 2.67 bits per heavy atom.